The van der Waals surface area contributed by atoms with Gasteiger partial charge in [0.1, 0.15) is 28.5 Å². The molecule has 13 heteroatoms. The van der Waals surface area contributed by atoms with Crippen molar-refractivity contribution >= 4 is 49.9 Å². The Balaban J connectivity index is 1.53. The molecule has 36 heavy (non-hydrogen) atoms. The molecule has 2 aromatic carbocycles. The van der Waals surface area contributed by atoms with Gasteiger partial charge >= 0.3 is 0 Å². The van der Waals surface area contributed by atoms with E-state index in [2.05, 4.69) is 20.3 Å². The minimum Gasteiger partial charge on any atom is -0.369 e. The highest BCUT2D eigenvalue weighted by Gasteiger charge is 2.29. The Morgan fingerprint density at radius 3 is 2.64 bits per heavy atom. The number of H-pyrrole nitrogens is 1. The van der Waals surface area contributed by atoms with Crippen LogP contribution in [0.1, 0.15) is 28.8 Å². The number of nitrogens with zero attached hydrogens (tertiary/aromatic N) is 2. The van der Waals surface area contributed by atoms with Gasteiger partial charge in [0.2, 0.25) is 5.78 Å². The average molecular weight is 536 g/mol. The molecule has 186 valence electrons. The maximum atomic E-state index is 15.4. The number of halogens is 4. The van der Waals surface area contributed by atoms with Crippen molar-refractivity contribution in [3.8, 4) is 0 Å². The second-order valence-corrected chi connectivity index (χ2v) is 10.3. The van der Waals surface area contributed by atoms with E-state index in [1.165, 1.54) is 18.6 Å². The predicted molar refractivity (Wildman–Crippen MR) is 127 cm³/mol. The molecular weight excluding hydrogens is 519 g/mol. The zero-order chi connectivity index (χ0) is 25.6. The van der Waals surface area contributed by atoms with Gasteiger partial charge in [-0.3, -0.25) is 9.52 Å². The number of nitrogens with one attached hydrogen (secondary N) is 3. The van der Waals surface area contributed by atoms with Gasteiger partial charge in [0.05, 0.1) is 27.2 Å². The van der Waals surface area contributed by atoms with Crippen molar-refractivity contribution in [2.24, 2.45) is 5.92 Å². The molecule has 5 rings (SSSR count). The first kappa shape index (κ1) is 24.1. The lowest BCUT2D eigenvalue weighted by atomic mass is 10.0. The van der Waals surface area contributed by atoms with Crippen molar-refractivity contribution in [1.29, 1.82) is 0 Å². The number of ketones is 1. The smallest absolute Gasteiger partial charge is 0.264 e. The Hall–Kier alpha value is -3.64. The fourth-order valence-corrected chi connectivity index (χ4v) is 5.10. The quantitative estimate of drug-likeness (QED) is 0.277. The maximum Gasteiger partial charge on any atom is 0.264 e. The van der Waals surface area contributed by atoms with Gasteiger partial charge in [-0.1, -0.05) is 17.7 Å². The van der Waals surface area contributed by atoms with Gasteiger partial charge in [0.25, 0.3) is 10.0 Å². The molecule has 0 saturated heterocycles. The number of benzene rings is 2. The summed E-state index contributed by atoms with van der Waals surface area (Å²) in [6, 6.07) is 4.80. The Morgan fingerprint density at radius 1 is 1.11 bits per heavy atom. The molecule has 0 spiro atoms. The summed E-state index contributed by atoms with van der Waals surface area (Å²) in [7, 11) is -4.67. The molecule has 0 atom stereocenters. The van der Waals surface area contributed by atoms with Crippen LogP contribution in [0.5, 0.6) is 0 Å². The van der Waals surface area contributed by atoms with E-state index in [4.69, 9.17) is 11.6 Å². The van der Waals surface area contributed by atoms with Crippen LogP contribution in [-0.4, -0.2) is 35.7 Å². The summed E-state index contributed by atoms with van der Waals surface area (Å²) >= 11 is 5.65. The second-order valence-electron chi connectivity index (χ2n) is 8.24. The summed E-state index contributed by atoms with van der Waals surface area (Å²) < 4.78 is 71.7. The monoisotopic (exact) mass is 535 g/mol. The van der Waals surface area contributed by atoms with Crippen LogP contribution in [0.2, 0.25) is 5.02 Å². The third kappa shape index (κ3) is 4.37. The zero-order valence-electron chi connectivity index (χ0n) is 18.3. The number of anilines is 2. The number of hydrogen-bond donors (Lipinski definition) is 3. The molecule has 0 bridgehead atoms. The third-order valence-electron chi connectivity index (χ3n) is 5.74. The molecule has 1 aliphatic rings. The van der Waals surface area contributed by atoms with E-state index in [-0.39, 0.29) is 16.6 Å². The Morgan fingerprint density at radius 2 is 1.89 bits per heavy atom. The zero-order valence-corrected chi connectivity index (χ0v) is 19.9. The topological polar surface area (TPSA) is 117 Å². The summed E-state index contributed by atoms with van der Waals surface area (Å²) in [4.78, 5) is 23.5. The highest BCUT2D eigenvalue weighted by molar-refractivity contribution is 7.92. The number of rotatable bonds is 8. The van der Waals surface area contributed by atoms with Crippen molar-refractivity contribution < 1.29 is 26.4 Å². The van der Waals surface area contributed by atoms with E-state index in [0.29, 0.717) is 18.3 Å². The number of aromatic amines is 1. The lowest BCUT2D eigenvalue weighted by molar-refractivity contribution is 0.103. The summed E-state index contributed by atoms with van der Waals surface area (Å²) in [5, 5.41) is 2.92. The van der Waals surface area contributed by atoms with Crippen molar-refractivity contribution in [2.45, 2.75) is 17.7 Å². The molecular formula is C23H17ClF3N5O3S. The van der Waals surface area contributed by atoms with Crippen LogP contribution in [0.15, 0.2) is 47.8 Å². The largest absolute Gasteiger partial charge is 0.369 e. The van der Waals surface area contributed by atoms with Crippen LogP contribution < -0.4 is 10.0 Å². The first-order valence-electron chi connectivity index (χ1n) is 10.7. The molecule has 2 aromatic heterocycles. The Labute approximate surface area is 208 Å². The van der Waals surface area contributed by atoms with Gasteiger partial charge in [0, 0.05) is 12.7 Å². The molecule has 0 unspecified atom stereocenters. The van der Waals surface area contributed by atoms with Gasteiger partial charge in [0.15, 0.2) is 11.6 Å². The second kappa shape index (κ2) is 9.10. The van der Waals surface area contributed by atoms with E-state index in [9.17, 15) is 22.0 Å². The molecule has 8 nitrogen and oxygen atoms in total. The predicted octanol–water partition coefficient (Wildman–Crippen LogP) is 4.88. The molecule has 1 fully saturated rings. The van der Waals surface area contributed by atoms with E-state index in [1.54, 1.807) is 0 Å². The molecule has 1 aliphatic carbocycles. The SMILES string of the molecule is O=C(c1c(F)ccc(NS(=O)(=O)c2cccc(Cl)c2F)c1F)c1c[nH]c2ncnc(NCC3CC3)c12. The van der Waals surface area contributed by atoms with Gasteiger partial charge in [-0.05, 0) is 43.0 Å². The fraction of sp³-hybridized carbons (Fsp3) is 0.174. The molecule has 0 aliphatic heterocycles. The van der Waals surface area contributed by atoms with Gasteiger partial charge < -0.3 is 10.3 Å². The van der Waals surface area contributed by atoms with Crippen LogP contribution in [0.4, 0.5) is 24.7 Å². The summed E-state index contributed by atoms with van der Waals surface area (Å²) in [6.45, 7) is 0.616. The van der Waals surface area contributed by atoms with Crippen molar-refractivity contribution in [3.63, 3.8) is 0 Å². The number of carbonyl (C=O) groups is 1. The number of sulfonamides is 1. The number of hydrogen-bond acceptors (Lipinski definition) is 6. The van der Waals surface area contributed by atoms with Crippen LogP contribution >= 0.6 is 11.6 Å². The Bertz CT molecular complexity index is 1620. The van der Waals surface area contributed by atoms with Crippen molar-refractivity contribution in [2.75, 3.05) is 16.6 Å². The van der Waals surface area contributed by atoms with Gasteiger partial charge in [-0.2, -0.15) is 0 Å². The maximum absolute atomic E-state index is 15.4. The van der Waals surface area contributed by atoms with E-state index < -0.39 is 54.4 Å². The third-order valence-corrected chi connectivity index (χ3v) is 7.41. The van der Waals surface area contributed by atoms with Crippen LogP contribution in [0.25, 0.3) is 11.0 Å². The number of fused-ring (bicyclic) bond motifs is 1. The average Bonchev–Trinajstić information content (AvgIpc) is 3.57. The molecule has 0 amide bonds. The molecule has 3 N–H and O–H groups in total. The molecule has 2 heterocycles. The van der Waals surface area contributed by atoms with E-state index >= 15 is 4.39 Å². The first-order chi connectivity index (χ1) is 17.2. The van der Waals surface area contributed by atoms with Gasteiger partial charge in [-0.15, -0.1) is 0 Å². The van der Waals surface area contributed by atoms with Gasteiger partial charge in [-0.25, -0.2) is 31.6 Å². The highest BCUT2D eigenvalue weighted by Crippen LogP contribution is 2.33. The Kier molecular flexibility index (Phi) is 6.08. The summed E-state index contributed by atoms with van der Waals surface area (Å²) in [6.07, 6.45) is 4.67. The summed E-state index contributed by atoms with van der Waals surface area (Å²) in [5.74, 6) is -4.17. The number of aromatic nitrogens is 3. The lowest BCUT2D eigenvalue weighted by Gasteiger charge is -2.13. The normalized spacial score (nSPS) is 13.7. The summed E-state index contributed by atoms with van der Waals surface area (Å²) in [5.41, 5.74) is -1.58. The van der Waals surface area contributed by atoms with E-state index in [1.807, 2.05) is 4.72 Å². The van der Waals surface area contributed by atoms with Crippen LogP contribution in [-0.2, 0) is 10.0 Å². The molecule has 4 aromatic rings. The van der Waals surface area contributed by atoms with E-state index in [0.717, 1.165) is 37.1 Å². The minimum absolute atomic E-state index is 0.109. The van der Waals surface area contributed by atoms with Crippen molar-refractivity contribution in [3.05, 3.63) is 76.5 Å². The van der Waals surface area contributed by atoms with Crippen molar-refractivity contribution in [1.82, 2.24) is 15.0 Å². The highest BCUT2D eigenvalue weighted by atomic mass is 35.5. The number of carbonyl (C=O) groups excluding carboxylic acids is 1. The fourth-order valence-electron chi connectivity index (χ4n) is 3.70. The minimum atomic E-state index is -4.67. The molecule has 0 radical (unpaired) electrons. The van der Waals surface area contributed by atoms with Crippen LogP contribution in [0, 0.1) is 23.4 Å². The van der Waals surface area contributed by atoms with Crippen LogP contribution in [0.3, 0.4) is 0 Å². The molecule has 1 saturated carbocycles. The lowest BCUT2D eigenvalue weighted by Crippen LogP contribution is -2.17. The first-order valence-corrected chi connectivity index (χ1v) is 12.6. The standard InChI is InChI=1S/C23H17ClF3N5O3S/c24-13-2-1-3-16(19(13)26)36(34,35)32-15-7-6-14(25)18(20(15)27)21(33)12-9-29-23-17(12)22(30-10-31-23)28-8-11-4-5-11/h1-3,6-7,9-11,32H,4-5,8H2,(H2,28,29,30,31).